The van der Waals surface area contributed by atoms with Crippen molar-refractivity contribution in [3.63, 3.8) is 0 Å². The third-order valence-electron chi connectivity index (χ3n) is 7.26. The van der Waals surface area contributed by atoms with Crippen LogP contribution in [0.1, 0.15) is 36.8 Å². The van der Waals surface area contributed by atoms with E-state index < -0.39 is 29.6 Å². The Morgan fingerprint density at radius 3 is 2.18 bits per heavy atom. The summed E-state index contributed by atoms with van der Waals surface area (Å²) in [5, 5.41) is 0. The molecule has 1 aromatic rings. The summed E-state index contributed by atoms with van der Waals surface area (Å²) < 4.78 is 64.5. The highest BCUT2D eigenvalue weighted by Crippen LogP contribution is 2.37. The average Bonchev–Trinajstić information content (AvgIpc) is 2.76. The van der Waals surface area contributed by atoms with E-state index in [1.54, 1.807) is 0 Å². The van der Waals surface area contributed by atoms with E-state index in [1.807, 2.05) is 0 Å². The van der Waals surface area contributed by atoms with Crippen LogP contribution in [0.4, 0.5) is 22.0 Å². The summed E-state index contributed by atoms with van der Waals surface area (Å²) in [5.74, 6) is -1.28. The van der Waals surface area contributed by atoms with E-state index >= 15 is 0 Å². The van der Waals surface area contributed by atoms with Crippen LogP contribution in [0, 0.1) is 11.8 Å². The molecule has 0 atom stereocenters. The minimum atomic E-state index is -4.48. The van der Waals surface area contributed by atoms with Crippen LogP contribution in [-0.4, -0.2) is 71.1 Å². The Kier molecular flexibility index (Phi) is 6.56. The lowest BCUT2D eigenvalue weighted by atomic mass is 9.80. The molecule has 4 rings (SSSR count). The maximum Gasteiger partial charge on any atom is 0.416 e. The fourth-order valence-electron chi connectivity index (χ4n) is 5.28. The molecule has 0 N–H and O–H groups in total. The summed E-state index contributed by atoms with van der Waals surface area (Å²) in [6, 6.07) is 4.41. The van der Waals surface area contributed by atoms with Gasteiger partial charge in [-0.05, 0) is 49.3 Å². The summed E-state index contributed by atoms with van der Waals surface area (Å²) in [6.45, 7) is 0.0734. The third-order valence-corrected chi connectivity index (χ3v) is 7.26. The van der Waals surface area contributed by atoms with E-state index in [0.29, 0.717) is 37.7 Å². The van der Waals surface area contributed by atoms with Crippen LogP contribution < -0.4 is 0 Å². The van der Waals surface area contributed by atoms with Gasteiger partial charge in [-0.25, -0.2) is 8.78 Å². The predicted octanol–water partition coefficient (Wildman–Crippen LogP) is 3.16. The van der Waals surface area contributed by atoms with Gasteiger partial charge in [0.05, 0.1) is 25.2 Å². The Morgan fingerprint density at radius 1 is 1.03 bits per heavy atom. The number of nitrogens with zero attached hydrogens (tertiary/aromatic N) is 3. The normalized spacial score (nSPS) is 25.2. The number of hydrogen-bond donors (Lipinski definition) is 0. The molecule has 2 heterocycles. The Balaban J connectivity index is 1.48. The number of rotatable bonds is 6. The number of carbonyl (C=O) groups excluding carboxylic acids is 3. The van der Waals surface area contributed by atoms with Gasteiger partial charge >= 0.3 is 6.18 Å². The SMILES string of the molecule is O=CN1CC2(C1)C(=O)N(CC1CCC(C(F)F)CC1)CC(=O)N2Cc1ccc(C(F)(F)F)cc1. The van der Waals surface area contributed by atoms with E-state index in [9.17, 15) is 36.3 Å². The summed E-state index contributed by atoms with van der Waals surface area (Å²) in [5.41, 5.74) is -1.63. The molecule has 2 saturated heterocycles. The molecule has 2 aliphatic heterocycles. The van der Waals surface area contributed by atoms with Crippen molar-refractivity contribution in [3.8, 4) is 0 Å². The lowest BCUT2D eigenvalue weighted by molar-refractivity contribution is -0.180. The number of amides is 3. The van der Waals surface area contributed by atoms with Gasteiger partial charge < -0.3 is 14.7 Å². The van der Waals surface area contributed by atoms with Crippen molar-refractivity contribution in [2.75, 3.05) is 26.2 Å². The van der Waals surface area contributed by atoms with Crippen LogP contribution in [0.2, 0.25) is 0 Å². The molecule has 0 aromatic heterocycles. The second kappa shape index (κ2) is 9.14. The maximum absolute atomic E-state index is 13.5. The highest BCUT2D eigenvalue weighted by molar-refractivity contribution is 5.99. The average molecular weight is 487 g/mol. The lowest BCUT2D eigenvalue weighted by Gasteiger charge is -2.57. The molecule has 186 valence electrons. The Morgan fingerprint density at radius 2 is 1.65 bits per heavy atom. The molecule has 1 aliphatic carbocycles. The van der Waals surface area contributed by atoms with Crippen molar-refractivity contribution in [3.05, 3.63) is 35.4 Å². The molecule has 1 spiro atoms. The number of halogens is 5. The van der Waals surface area contributed by atoms with Crippen molar-refractivity contribution in [1.82, 2.24) is 14.7 Å². The predicted molar refractivity (Wildman–Crippen MR) is 110 cm³/mol. The standard InChI is InChI=1S/C23H26F5N3O3/c24-20(25)17-5-1-15(2-6-17)9-30-11-19(33)31(22(21(30)34)12-29(13-22)14-32)10-16-3-7-18(8-4-16)23(26,27)28/h3-4,7-8,14-15,17,20H,1-2,5-6,9-13H2. The van der Waals surface area contributed by atoms with Gasteiger partial charge in [-0.15, -0.1) is 0 Å². The van der Waals surface area contributed by atoms with E-state index in [-0.39, 0.29) is 50.5 Å². The van der Waals surface area contributed by atoms with E-state index in [0.717, 1.165) is 12.1 Å². The Hall–Kier alpha value is -2.72. The van der Waals surface area contributed by atoms with Crippen molar-refractivity contribution < 1.29 is 36.3 Å². The molecule has 3 aliphatic rings. The molecule has 3 amide bonds. The lowest BCUT2D eigenvalue weighted by Crippen LogP contribution is -2.80. The second-order valence-electron chi connectivity index (χ2n) is 9.52. The van der Waals surface area contributed by atoms with Crippen molar-refractivity contribution >= 4 is 18.2 Å². The minimum Gasteiger partial charge on any atom is -0.339 e. The van der Waals surface area contributed by atoms with Gasteiger partial charge in [-0.1, -0.05) is 12.1 Å². The second-order valence-corrected chi connectivity index (χ2v) is 9.52. The molecule has 6 nitrogen and oxygen atoms in total. The van der Waals surface area contributed by atoms with Gasteiger partial charge in [0.2, 0.25) is 18.7 Å². The highest BCUT2D eigenvalue weighted by Gasteiger charge is 2.59. The number of hydrogen-bond acceptors (Lipinski definition) is 3. The van der Waals surface area contributed by atoms with Crippen LogP contribution in [0.15, 0.2) is 24.3 Å². The minimum absolute atomic E-state index is 0.0102. The van der Waals surface area contributed by atoms with Crippen LogP contribution in [0.5, 0.6) is 0 Å². The number of piperazine rings is 1. The zero-order valence-electron chi connectivity index (χ0n) is 18.4. The van der Waals surface area contributed by atoms with Crippen LogP contribution in [0.25, 0.3) is 0 Å². The molecule has 34 heavy (non-hydrogen) atoms. The van der Waals surface area contributed by atoms with Crippen LogP contribution in [-0.2, 0) is 27.1 Å². The van der Waals surface area contributed by atoms with Gasteiger partial charge in [-0.2, -0.15) is 13.2 Å². The fraction of sp³-hybridized carbons (Fsp3) is 0.609. The summed E-state index contributed by atoms with van der Waals surface area (Å²) in [6.07, 6.45) is -4.39. The highest BCUT2D eigenvalue weighted by atomic mass is 19.4. The van der Waals surface area contributed by atoms with Crippen molar-refractivity contribution in [2.24, 2.45) is 11.8 Å². The molecule has 0 radical (unpaired) electrons. The van der Waals surface area contributed by atoms with Gasteiger partial charge in [0.15, 0.2) is 5.54 Å². The molecular weight excluding hydrogens is 461 g/mol. The first-order chi connectivity index (χ1) is 16.0. The van der Waals surface area contributed by atoms with Crippen molar-refractivity contribution in [1.29, 1.82) is 0 Å². The quantitative estimate of drug-likeness (QED) is 0.458. The summed E-state index contributed by atoms with van der Waals surface area (Å²) >= 11 is 0. The van der Waals surface area contributed by atoms with E-state index in [1.165, 1.54) is 26.8 Å². The zero-order valence-corrected chi connectivity index (χ0v) is 18.4. The van der Waals surface area contributed by atoms with Crippen LogP contribution >= 0.6 is 0 Å². The molecule has 0 unspecified atom stereocenters. The largest absolute Gasteiger partial charge is 0.416 e. The molecule has 1 saturated carbocycles. The van der Waals surface area contributed by atoms with Gasteiger partial charge in [0.25, 0.3) is 5.91 Å². The molecule has 11 heteroatoms. The number of carbonyl (C=O) groups is 3. The van der Waals surface area contributed by atoms with Gasteiger partial charge in [0, 0.05) is 19.0 Å². The first-order valence-electron chi connectivity index (χ1n) is 11.3. The summed E-state index contributed by atoms with van der Waals surface area (Å²) in [7, 11) is 0. The third kappa shape index (κ3) is 4.61. The van der Waals surface area contributed by atoms with Crippen molar-refractivity contribution in [2.45, 2.75) is 50.4 Å². The molecule has 1 aromatic carbocycles. The Labute approximate surface area is 193 Å². The number of benzene rings is 1. The monoisotopic (exact) mass is 487 g/mol. The summed E-state index contributed by atoms with van der Waals surface area (Å²) in [4.78, 5) is 42.0. The fourth-order valence-corrected chi connectivity index (χ4v) is 5.28. The van der Waals surface area contributed by atoms with Gasteiger partial charge in [0.1, 0.15) is 0 Å². The number of likely N-dealkylation sites (tertiary alicyclic amines) is 1. The molecular formula is C23H26F5N3O3. The zero-order chi connectivity index (χ0) is 24.7. The van der Waals surface area contributed by atoms with Crippen LogP contribution in [0.3, 0.4) is 0 Å². The van der Waals surface area contributed by atoms with E-state index in [2.05, 4.69) is 0 Å². The first kappa shape index (κ1) is 24.4. The smallest absolute Gasteiger partial charge is 0.339 e. The molecule has 0 bridgehead atoms. The first-order valence-corrected chi connectivity index (χ1v) is 11.3. The Bertz CT molecular complexity index is 923. The van der Waals surface area contributed by atoms with E-state index in [4.69, 9.17) is 0 Å². The topological polar surface area (TPSA) is 60.9 Å². The van der Waals surface area contributed by atoms with Gasteiger partial charge in [-0.3, -0.25) is 14.4 Å². The number of alkyl halides is 5. The maximum atomic E-state index is 13.5. The molecule has 3 fully saturated rings.